The van der Waals surface area contributed by atoms with Crippen LogP contribution < -0.4 is 5.73 Å². The quantitative estimate of drug-likeness (QED) is 0.535. The van der Waals surface area contributed by atoms with Gasteiger partial charge in [-0.1, -0.05) is 42.7 Å². The van der Waals surface area contributed by atoms with Gasteiger partial charge in [-0.15, -0.1) is 0 Å². The molecule has 0 radical (unpaired) electrons. The van der Waals surface area contributed by atoms with E-state index in [0.29, 0.717) is 16.6 Å². The van der Waals surface area contributed by atoms with E-state index in [1.165, 1.54) is 32.1 Å². The van der Waals surface area contributed by atoms with Gasteiger partial charge in [0.1, 0.15) is 0 Å². The minimum absolute atomic E-state index is 0.564. The summed E-state index contributed by atoms with van der Waals surface area (Å²) in [5.41, 5.74) is 7.32. The van der Waals surface area contributed by atoms with Crippen LogP contribution in [0.5, 0.6) is 0 Å². The average Bonchev–Trinajstić information content (AvgIpc) is 2.27. The number of halogens is 1. The molecule has 84 valence electrons. The molecule has 0 amide bonds. The molecule has 16 heavy (non-hydrogen) atoms. The fourth-order valence-electron chi connectivity index (χ4n) is 2.12. The number of anilines is 1. The summed E-state index contributed by atoms with van der Waals surface area (Å²) in [5, 5.41) is 0.660. The highest BCUT2D eigenvalue weighted by Gasteiger charge is 2.09. The lowest BCUT2D eigenvalue weighted by atomic mass is 9.90. The fraction of sp³-hybridized carbons (Fsp3) is 0.429. The van der Waals surface area contributed by atoms with E-state index >= 15 is 0 Å². The summed E-state index contributed by atoms with van der Waals surface area (Å²) in [6.07, 6.45) is 6.47. The van der Waals surface area contributed by atoms with Crippen LogP contribution in [0.15, 0.2) is 18.2 Å². The molecule has 0 atom stereocenters. The zero-order chi connectivity index (χ0) is 11.4. The summed E-state index contributed by atoms with van der Waals surface area (Å²) in [7, 11) is 0. The molecule has 1 fully saturated rings. The molecule has 1 aliphatic rings. The molecule has 0 unspecified atom stereocenters. The first-order chi connectivity index (χ1) is 7.74. The van der Waals surface area contributed by atoms with Crippen molar-refractivity contribution in [1.82, 2.24) is 0 Å². The van der Waals surface area contributed by atoms with Gasteiger partial charge in [0.2, 0.25) is 0 Å². The highest BCUT2D eigenvalue weighted by Crippen LogP contribution is 2.23. The van der Waals surface area contributed by atoms with Crippen LogP contribution in [-0.2, 0) is 0 Å². The molecule has 0 spiro atoms. The summed E-state index contributed by atoms with van der Waals surface area (Å²) in [6, 6.07) is 5.49. The van der Waals surface area contributed by atoms with E-state index < -0.39 is 0 Å². The van der Waals surface area contributed by atoms with Gasteiger partial charge in [0.05, 0.1) is 0 Å². The van der Waals surface area contributed by atoms with Crippen molar-refractivity contribution in [3.05, 3.63) is 28.8 Å². The molecule has 1 nitrogen and oxygen atoms in total. The second kappa shape index (κ2) is 5.27. The van der Waals surface area contributed by atoms with Gasteiger partial charge in [0, 0.05) is 22.2 Å². The minimum Gasteiger partial charge on any atom is -0.399 e. The zero-order valence-electron chi connectivity index (χ0n) is 9.30. The average molecular weight is 234 g/mol. The van der Waals surface area contributed by atoms with E-state index in [4.69, 9.17) is 17.3 Å². The van der Waals surface area contributed by atoms with Gasteiger partial charge in [0.15, 0.2) is 0 Å². The molecule has 1 aromatic rings. The third-order valence-corrected chi connectivity index (χ3v) is 3.16. The number of benzene rings is 1. The topological polar surface area (TPSA) is 26.0 Å². The summed E-state index contributed by atoms with van der Waals surface area (Å²) >= 11 is 5.92. The van der Waals surface area contributed by atoms with Crippen LogP contribution >= 0.6 is 11.6 Å². The van der Waals surface area contributed by atoms with E-state index in [0.717, 1.165) is 5.56 Å². The zero-order valence-corrected chi connectivity index (χ0v) is 10.1. The van der Waals surface area contributed by atoms with Crippen LogP contribution in [0.25, 0.3) is 0 Å². The van der Waals surface area contributed by atoms with Gasteiger partial charge in [-0.25, -0.2) is 0 Å². The first kappa shape index (κ1) is 11.4. The molecular weight excluding hydrogens is 218 g/mol. The van der Waals surface area contributed by atoms with Crippen LogP contribution in [0.2, 0.25) is 5.02 Å². The van der Waals surface area contributed by atoms with Crippen LogP contribution in [0.3, 0.4) is 0 Å². The van der Waals surface area contributed by atoms with Gasteiger partial charge in [-0.05, 0) is 31.0 Å². The van der Waals surface area contributed by atoms with E-state index in [1.807, 2.05) is 12.1 Å². The molecule has 0 aliphatic heterocycles. The lowest BCUT2D eigenvalue weighted by Gasteiger charge is -2.15. The van der Waals surface area contributed by atoms with Gasteiger partial charge < -0.3 is 5.73 Å². The standard InChI is InChI=1S/C14H16ClN/c15-13-8-12(9-14(16)10-13)7-6-11-4-2-1-3-5-11/h8-11H,1-5,16H2. The Morgan fingerprint density at radius 1 is 1.12 bits per heavy atom. The Morgan fingerprint density at radius 3 is 2.56 bits per heavy atom. The van der Waals surface area contributed by atoms with Crippen molar-refractivity contribution in [2.24, 2.45) is 5.92 Å². The lowest BCUT2D eigenvalue weighted by molar-refractivity contribution is 0.430. The molecule has 2 heteroatoms. The van der Waals surface area contributed by atoms with Crippen molar-refractivity contribution < 1.29 is 0 Å². The highest BCUT2D eigenvalue weighted by atomic mass is 35.5. The predicted molar refractivity (Wildman–Crippen MR) is 69.3 cm³/mol. The van der Waals surface area contributed by atoms with Crippen molar-refractivity contribution in [2.75, 3.05) is 5.73 Å². The Morgan fingerprint density at radius 2 is 1.88 bits per heavy atom. The van der Waals surface area contributed by atoms with Crippen molar-refractivity contribution in [1.29, 1.82) is 0 Å². The Hall–Kier alpha value is -1.13. The Labute approximate surface area is 102 Å². The maximum atomic E-state index is 5.92. The SMILES string of the molecule is Nc1cc(Cl)cc(C#CC2CCCCC2)c1. The van der Waals surface area contributed by atoms with Crippen LogP contribution in [0, 0.1) is 17.8 Å². The summed E-state index contributed by atoms with van der Waals surface area (Å²) in [4.78, 5) is 0. The van der Waals surface area contributed by atoms with Gasteiger partial charge in [-0.3, -0.25) is 0 Å². The minimum atomic E-state index is 0.564. The molecular formula is C14H16ClN. The number of hydrogen-bond donors (Lipinski definition) is 1. The highest BCUT2D eigenvalue weighted by molar-refractivity contribution is 6.30. The molecule has 0 aromatic heterocycles. The first-order valence-electron chi connectivity index (χ1n) is 5.81. The van der Waals surface area contributed by atoms with Crippen LogP contribution in [0.1, 0.15) is 37.7 Å². The summed E-state index contributed by atoms with van der Waals surface area (Å²) in [5.74, 6) is 7.07. The van der Waals surface area contributed by atoms with E-state index in [-0.39, 0.29) is 0 Å². The monoisotopic (exact) mass is 233 g/mol. The second-order valence-corrected chi connectivity index (χ2v) is 4.81. The summed E-state index contributed by atoms with van der Waals surface area (Å²) in [6.45, 7) is 0. The molecule has 0 saturated heterocycles. The molecule has 2 rings (SSSR count). The van der Waals surface area contributed by atoms with Gasteiger partial charge >= 0.3 is 0 Å². The van der Waals surface area contributed by atoms with E-state index in [9.17, 15) is 0 Å². The summed E-state index contributed by atoms with van der Waals surface area (Å²) < 4.78 is 0. The third-order valence-electron chi connectivity index (χ3n) is 2.95. The third kappa shape index (κ3) is 3.18. The Balaban J connectivity index is 2.10. The van der Waals surface area contributed by atoms with E-state index in [2.05, 4.69) is 11.8 Å². The normalized spacial score (nSPS) is 16.6. The molecule has 0 bridgehead atoms. The van der Waals surface area contributed by atoms with Gasteiger partial charge in [-0.2, -0.15) is 0 Å². The van der Waals surface area contributed by atoms with E-state index in [1.54, 1.807) is 6.07 Å². The van der Waals surface area contributed by atoms with Gasteiger partial charge in [0.25, 0.3) is 0 Å². The largest absolute Gasteiger partial charge is 0.399 e. The van der Waals surface area contributed by atoms with Crippen molar-refractivity contribution in [3.63, 3.8) is 0 Å². The van der Waals surface area contributed by atoms with Crippen molar-refractivity contribution in [3.8, 4) is 11.8 Å². The number of hydrogen-bond acceptors (Lipinski definition) is 1. The molecule has 0 heterocycles. The maximum absolute atomic E-state index is 5.92. The fourth-order valence-corrected chi connectivity index (χ4v) is 2.36. The van der Waals surface area contributed by atoms with Crippen LogP contribution in [-0.4, -0.2) is 0 Å². The maximum Gasteiger partial charge on any atom is 0.0438 e. The molecule has 1 saturated carbocycles. The number of nitrogen functional groups attached to an aromatic ring is 1. The Kier molecular flexibility index (Phi) is 3.74. The smallest absolute Gasteiger partial charge is 0.0438 e. The van der Waals surface area contributed by atoms with Crippen molar-refractivity contribution in [2.45, 2.75) is 32.1 Å². The molecule has 1 aliphatic carbocycles. The Bertz CT molecular complexity index is 402. The molecule has 1 aromatic carbocycles. The molecule has 2 N–H and O–H groups in total. The van der Waals surface area contributed by atoms with Crippen molar-refractivity contribution >= 4 is 17.3 Å². The van der Waals surface area contributed by atoms with Crippen LogP contribution in [0.4, 0.5) is 5.69 Å². The number of rotatable bonds is 0. The lowest BCUT2D eigenvalue weighted by Crippen LogP contribution is -2.03. The number of nitrogens with two attached hydrogens (primary N) is 1. The first-order valence-corrected chi connectivity index (χ1v) is 6.19. The predicted octanol–water partition coefficient (Wildman–Crippen LogP) is 3.85. The second-order valence-electron chi connectivity index (χ2n) is 4.38.